The molecule has 0 aromatic rings. The number of amides is 1. The standard InChI is InChI=1S/C77H151NO5/c1-3-5-7-9-11-13-15-17-19-21-23-24-25-26-28-31-34-37-41-45-49-53-57-61-65-69-75(80)74(73-79)78-76(81)70-66-62-58-54-50-46-42-38-35-32-29-27-30-33-36-40-44-48-52-56-60-64-68-72-83-77(82)71-67-63-59-55-51-47-43-39-22-20-18-16-14-12-10-8-6-4-2/h20,22,74-75,79-80H,3-19,21,23-73H2,1-2H3,(H,78,81)/b22-20-. The van der Waals surface area contributed by atoms with Crippen LogP contribution in [0.3, 0.4) is 0 Å². The van der Waals surface area contributed by atoms with Crippen molar-refractivity contribution < 1.29 is 24.5 Å². The van der Waals surface area contributed by atoms with Crippen molar-refractivity contribution in [2.24, 2.45) is 0 Å². The number of hydrogen-bond donors (Lipinski definition) is 3. The van der Waals surface area contributed by atoms with Crippen LogP contribution in [0.5, 0.6) is 0 Å². The van der Waals surface area contributed by atoms with Gasteiger partial charge in [-0.15, -0.1) is 0 Å². The Morgan fingerprint density at radius 2 is 0.566 bits per heavy atom. The maximum atomic E-state index is 12.6. The number of carbonyl (C=O) groups is 2. The molecule has 3 N–H and O–H groups in total. The molecule has 0 aromatic carbocycles. The molecule has 0 saturated heterocycles. The van der Waals surface area contributed by atoms with Crippen LogP contribution in [-0.4, -0.2) is 47.4 Å². The summed E-state index contributed by atoms with van der Waals surface area (Å²) in [6.45, 7) is 5.00. The van der Waals surface area contributed by atoms with Gasteiger partial charge in [0.15, 0.2) is 0 Å². The Morgan fingerprint density at radius 3 is 0.855 bits per heavy atom. The molecule has 0 rings (SSSR count). The number of esters is 1. The SMILES string of the molecule is CCCCCCCCC/C=C\CCCCCCCCCC(=O)OCCCCCCCCCCCCCCCCCCCCCCCCCC(=O)NC(CO)C(O)CCCCCCCCCCCCCCCCCCCCCCCCCCC. The minimum atomic E-state index is -0.665. The summed E-state index contributed by atoms with van der Waals surface area (Å²) in [5.41, 5.74) is 0. The van der Waals surface area contributed by atoms with Crippen molar-refractivity contribution in [3.63, 3.8) is 0 Å². The monoisotopic (exact) mass is 1170 g/mol. The average molecular weight is 1170 g/mol. The molecule has 0 aliphatic rings. The first kappa shape index (κ1) is 81.6. The molecular weight excluding hydrogens is 1020 g/mol. The van der Waals surface area contributed by atoms with Crippen LogP contribution in [0.2, 0.25) is 0 Å². The molecule has 1 amide bonds. The van der Waals surface area contributed by atoms with Crippen molar-refractivity contribution in [3.05, 3.63) is 12.2 Å². The summed E-state index contributed by atoms with van der Waals surface area (Å²) < 4.78 is 5.51. The summed E-state index contributed by atoms with van der Waals surface area (Å²) >= 11 is 0. The van der Waals surface area contributed by atoms with Gasteiger partial charge in [0.2, 0.25) is 5.91 Å². The third-order valence-electron chi connectivity index (χ3n) is 18.3. The first-order chi connectivity index (χ1) is 41.0. The Bertz CT molecular complexity index is 1260. The van der Waals surface area contributed by atoms with E-state index in [-0.39, 0.29) is 18.5 Å². The number of unbranched alkanes of at least 4 members (excludes halogenated alkanes) is 60. The van der Waals surface area contributed by atoms with Crippen molar-refractivity contribution in [2.45, 2.75) is 456 Å². The van der Waals surface area contributed by atoms with Gasteiger partial charge in [0, 0.05) is 12.8 Å². The fourth-order valence-electron chi connectivity index (χ4n) is 12.5. The average Bonchev–Trinajstić information content (AvgIpc) is 3.49. The first-order valence-corrected chi connectivity index (χ1v) is 38.4. The molecule has 0 fully saturated rings. The summed E-state index contributed by atoms with van der Waals surface area (Å²) in [5.74, 6) is -0.0153. The Kier molecular flexibility index (Phi) is 71.8. The van der Waals surface area contributed by atoms with E-state index in [1.807, 2.05) is 0 Å². The highest BCUT2D eigenvalue weighted by Gasteiger charge is 2.20. The van der Waals surface area contributed by atoms with Crippen molar-refractivity contribution in [2.75, 3.05) is 13.2 Å². The van der Waals surface area contributed by atoms with Gasteiger partial charge in [-0.2, -0.15) is 0 Å². The predicted molar refractivity (Wildman–Crippen MR) is 366 cm³/mol. The Labute approximate surface area is 520 Å². The van der Waals surface area contributed by atoms with E-state index in [1.54, 1.807) is 0 Å². The molecule has 6 heteroatoms. The lowest BCUT2D eigenvalue weighted by Gasteiger charge is -2.22. The highest BCUT2D eigenvalue weighted by atomic mass is 16.5. The van der Waals surface area contributed by atoms with E-state index in [0.717, 1.165) is 44.9 Å². The fraction of sp³-hybridized carbons (Fsp3) is 0.948. The van der Waals surface area contributed by atoms with Crippen LogP contribution >= 0.6 is 0 Å². The molecule has 0 bridgehead atoms. The third-order valence-corrected chi connectivity index (χ3v) is 18.3. The predicted octanol–water partition coefficient (Wildman–Crippen LogP) is 25.1. The van der Waals surface area contributed by atoms with Crippen LogP contribution in [0.25, 0.3) is 0 Å². The normalized spacial score (nSPS) is 12.5. The van der Waals surface area contributed by atoms with E-state index in [0.29, 0.717) is 25.9 Å². The first-order valence-electron chi connectivity index (χ1n) is 38.4. The molecule has 6 nitrogen and oxygen atoms in total. The zero-order valence-electron chi connectivity index (χ0n) is 56.7. The zero-order chi connectivity index (χ0) is 59.9. The van der Waals surface area contributed by atoms with Crippen LogP contribution in [0.15, 0.2) is 12.2 Å². The number of hydrogen-bond acceptors (Lipinski definition) is 5. The van der Waals surface area contributed by atoms with Crippen molar-refractivity contribution >= 4 is 11.9 Å². The second-order valence-electron chi connectivity index (χ2n) is 26.7. The topological polar surface area (TPSA) is 95.9 Å². The molecule has 0 heterocycles. The molecule has 0 radical (unpaired) electrons. The molecule has 494 valence electrons. The summed E-state index contributed by atoms with van der Waals surface area (Å²) in [7, 11) is 0. The van der Waals surface area contributed by atoms with Crippen LogP contribution in [0.4, 0.5) is 0 Å². The maximum absolute atomic E-state index is 12.6. The fourth-order valence-corrected chi connectivity index (χ4v) is 12.5. The van der Waals surface area contributed by atoms with Crippen LogP contribution < -0.4 is 5.32 Å². The number of ether oxygens (including phenoxy) is 1. The lowest BCUT2D eigenvalue weighted by atomic mass is 10.0. The molecule has 0 aromatic heterocycles. The number of allylic oxidation sites excluding steroid dienone is 2. The van der Waals surface area contributed by atoms with Gasteiger partial charge in [0.05, 0.1) is 25.4 Å². The number of nitrogens with one attached hydrogen (secondary N) is 1. The van der Waals surface area contributed by atoms with E-state index in [4.69, 9.17) is 4.74 Å². The number of carbonyl (C=O) groups excluding carboxylic acids is 2. The molecule has 0 saturated carbocycles. The smallest absolute Gasteiger partial charge is 0.305 e. The molecule has 0 spiro atoms. The van der Waals surface area contributed by atoms with Crippen molar-refractivity contribution in [1.82, 2.24) is 5.32 Å². The second kappa shape index (κ2) is 73.1. The van der Waals surface area contributed by atoms with Crippen molar-refractivity contribution in [1.29, 1.82) is 0 Å². The lowest BCUT2D eigenvalue weighted by molar-refractivity contribution is -0.143. The summed E-state index contributed by atoms with van der Waals surface area (Å²) in [4.78, 5) is 24.7. The van der Waals surface area contributed by atoms with Crippen LogP contribution in [0.1, 0.15) is 444 Å². The molecule has 83 heavy (non-hydrogen) atoms. The van der Waals surface area contributed by atoms with E-state index < -0.39 is 12.1 Å². The van der Waals surface area contributed by atoms with Gasteiger partial charge in [-0.1, -0.05) is 392 Å². The summed E-state index contributed by atoms with van der Waals surface area (Å²) in [6, 6.07) is -0.542. The van der Waals surface area contributed by atoms with Gasteiger partial charge in [0.1, 0.15) is 0 Å². The largest absolute Gasteiger partial charge is 0.466 e. The summed E-state index contributed by atoms with van der Waals surface area (Å²) in [5, 5.41) is 23.5. The van der Waals surface area contributed by atoms with E-state index in [9.17, 15) is 19.8 Å². The molecular formula is C77H151NO5. The van der Waals surface area contributed by atoms with Gasteiger partial charge >= 0.3 is 5.97 Å². The van der Waals surface area contributed by atoms with E-state index in [1.165, 1.54) is 366 Å². The highest BCUT2D eigenvalue weighted by Crippen LogP contribution is 2.20. The van der Waals surface area contributed by atoms with Crippen LogP contribution in [-0.2, 0) is 14.3 Å². The number of aliphatic hydroxyl groups excluding tert-OH is 2. The second-order valence-corrected chi connectivity index (χ2v) is 26.7. The molecule has 0 aliphatic carbocycles. The minimum absolute atomic E-state index is 0.0132. The van der Waals surface area contributed by atoms with Gasteiger partial charge < -0.3 is 20.3 Å². The van der Waals surface area contributed by atoms with Crippen LogP contribution in [0, 0.1) is 0 Å². The molecule has 2 unspecified atom stereocenters. The lowest BCUT2D eigenvalue weighted by Crippen LogP contribution is -2.45. The third kappa shape index (κ3) is 69.6. The highest BCUT2D eigenvalue weighted by molar-refractivity contribution is 5.76. The Balaban J connectivity index is 3.36. The maximum Gasteiger partial charge on any atom is 0.305 e. The zero-order valence-corrected chi connectivity index (χ0v) is 56.7. The Morgan fingerprint density at radius 1 is 0.325 bits per heavy atom. The number of aliphatic hydroxyl groups is 2. The summed E-state index contributed by atoms with van der Waals surface area (Å²) in [6.07, 6.45) is 91.4. The molecule has 2 atom stereocenters. The number of rotatable bonds is 73. The van der Waals surface area contributed by atoms with E-state index in [2.05, 4.69) is 31.3 Å². The van der Waals surface area contributed by atoms with Gasteiger partial charge in [0.25, 0.3) is 0 Å². The molecule has 0 aliphatic heterocycles. The van der Waals surface area contributed by atoms with Gasteiger partial charge in [-0.3, -0.25) is 9.59 Å². The quantitative estimate of drug-likeness (QED) is 0.0320. The van der Waals surface area contributed by atoms with Gasteiger partial charge in [-0.05, 0) is 51.4 Å². The minimum Gasteiger partial charge on any atom is -0.466 e. The van der Waals surface area contributed by atoms with E-state index >= 15 is 0 Å². The van der Waals surface area contributed by atoms with Gasteiger partial charge in [-0.25, -0.2) is 0 Å². The van der Waals surface area contributed by atoms with Crippen molar-refractivity contribution in [3.8, 4) is 0 Å². The Hall–Kier alpha value is -1.40.